The first-order chi connectivity index (χ1) is 8.84. The van der Waals surface area contributed by atoms with Crippen LogP contribution < -0.4 is 5.73 Å². The Bertz CT molecular complexity index is 584. The van der Waals surface area contributed by atoms with Crippen LogP contribution in [0.5, 0.6) is 0 Å². The number of rotatable bonds is 4. The van der Waals surface area contributed by atoms with Crippen molar-refractivity contribution in [2.75, 3.05) is 12.0 Å². The van der Waals surface area contributed by atoms with Crippen LogP contribution in [0.4, 0.5) is 5.69 Å². The average Bonchev–Trinajstić information content (AvgIpc) is 2.67. The highest BCUT2D eigenvalue weighted by Gasteiger charge is 2.22. The third kappa shape index (κ3) is 2.89. The van der Waals surface area contributed by atoms with Gasteiger partial charge in [0.2, 0.25) is 0 Å². The van der Waals surface area contributed by atoms with E-state index in [0.29, 0.717) is 5.92 Å². The predicted octanol–water partition coefficient (Wildman–Crippen LogP) is 3.88. The van der Waals surface area contributed by atoms with E-state index in [4.69, 9.17) is 10.7 Å². The van der Waals surface area contributed by atoms with Gasteiger partial charge in [0.05, 0.1) is 11.0 Å². The molecule has 0 unspecified atom stereocenters. The van der Waals surface area contributed by atoms with E-state index in [1.165, 1.54) is 5.52 Å². The molecule has 0 saturated heterocycles. The van der Waals surface area contributed by atoms with E-state index in [9.17, 15) is 0 Å². The van der Waals surface area contributed by atoms with Crippen molar-refractivity contribution >= 4 is 28.5 Å². The van der Waals surface area contributed by atoms with Crippen LogP contribution in [0.3, 0.4) is 0 Å². The third-order valence-electron chi connectivity index (χ3n) is 3.41. The van der Waals surface area contributed by atoms with E-state index < -0.39 is 0 Å². The molecule has 0 amide bonds. The van der Waals surface area contributed by atoms with Gasteiger partial charge in [-0.15, -0.1) is 0 Å². The Balaban J connectivity index is 2.59. The van der Waals surface area contributed by atoms with Crippen molar-refractivity contribution in [1.82, 2.24) is 9.55 Å². The van der Waals surface area contributed by atoms with Crippen molar-refractivity contribution in [2.45, 2.75) is 44.9 Å². The summed E-state index contributed by atoms with van der Waals surface area (Å²) in [5.74, 6) is 1.55. The molecule has 0 atom stereocenters. The number of nitrogen functional groups attached to an aromatic ring is 1. The van der Waals surface area contributed by atoms with Crippen LogP contribution in [0.25, 0.3) is 11.0 Å². The Morgan fingerprint density at radius 1 is 1.37 bits per heavy atom. The SMILES string of the molecule is CSC(C)(C)Cn1c(C(C)C)nc2cc(N)ccc21. The number of fused-ring (bicyclic) bond motifs is 1. The highest BCUT2D eigenvalue weighted by molar-refractivity contribution is 7.99. The summed E-state index contributed by atoms with van der Waals surface area (Å²) >= 11 is 1.88. The highest BCUT2D eigenvalue weighted by atomic mass is 32.2. The second-order valence-electron chi connectivity index (χ2n) is 5.92. The number of nitrogens with zero attached hydrogens (tertiary/aromatic N) is 2. The van der Waals surface area contributed by atoms with E-state index in [1.54, 1.807) is 0 Å². The fourth-order valence-corrected chi connectivity index (χ4v) is 2.48. The van der Waals surface area contributed by atoms with Gasteiger partial charge in [-0.1, -0.05) is 13.8 Å². The van der Waals surface area contributed by atoms with Gasteiger partial charge >= 0.3 is 0 Å². The zero-order chi connectivity index (χ0) is 14.2. The molecule has 3 nitrogen and oxygen atoms in total. The largest absolute Gasteiger partial charge is 0.399 e. The van der Waals surface area contributed by atoms with Crippen LogP contribution in [-0.4, -0.2) is 20.6 Å². The number of hydrogen-bond acceptors (Lipinski definition) is 3. The lowest BCUT2D eigenvalue weighted by atomic mass is 10.1. The third-order valence-corrected chi connectivity index (χ3v) is 4.64. The van der Waals surface area contributed by atoms with Crippen molar-refractivity contribution < 1.29 is 0 Å². The van der Waals surface area contributed by atoms with Crippen LogP contribution >= 0.6 is 11.8 Å². The molecule has 0 bridgehead atoms. The monoisotopic (exact) mass is 277 g/mol. The van der Waals surface area contributed by atoms with Gasteiger partial charge in [-0.3, -0.25) is 0 Å². The van der Waals surface area contributed by atoms with E-state index in [1.807, 2.05) is 23.9 Å². The minimum absolute atomic E-state index is 0.193. The van der Waals surface area contributed by atoms with E-state index in [2.05, 4.69) is 44.6 Å². The van der Waals surface area contributed by atoms with Crippen LogP contribution in [0.2, 0.25) is 0 Å². The zero-order valence-corrected chi connectivity index (χ0v) is 13.2. The number of hydrogen-bond donors (Lipinski definition) is 1. The second-order valence-corrected chi connectivity index (χ2v) is 7.44. The van der Waals surface area contributed by atoms with Crippen LogP contribution in [0.15, 0.2) is 18.2 Å². The molecule has 1 heterocycles. The second kappa shape index (κ2) is 5.08. The molecule has 104 valence electrons. The summed E-state index contributed by atoms with van der Waals surface area (Å²) in [5.41, 5.74) is 8.82. The summed E-state index contributed by atoms with van der Waals surface area (Å²) in [4.78, 5) is 4.77. The minimum atomic E-state index is 0.193. The number of imidazole rings is 1. The molecular weight excluding hydrogens is 254 g/mol. The van der Waals surface area contributed by atoms with Gasteiger partial charge in [0, 0.05) is 22.9 Å². The number of nitrogens with two attached hydrogens (primary N) is 1. The van der Waals surface area contributed by atoms with Gasteiger partial charge in [0.1, 0.15) is 5.82 Å². The Morgan fingerprint density at radius 2 is 2.05 bits per heavy atom. The normalized spacial score (nSPS) is 12.5. The topological polar surface area (TPSA) is 43.8 Å². The molecule has 0 saturated carbocycles. The first-order valence-electron chi connectivity index (χ1n) is 6.65. The van der Waals surface area contributed by atoms with Gasteiger partial charge in [0.15, 0.2) is 0 Å². The summed E-state index contributed by atoms with van der Waals surface area (Å²) in [5, 5.41) is 0. The molecule has 2 aromatic rings. The summed E-state index contributed by atoms with van der Waals surface area (Å²) in [6, 6.07) is 6.00. The van der Waals surface area contributed by atoms with Crippen LogP contribution in [0, 0.1) is 0 Å². The van der Waals surface area contributed by atoms with Gasteiger partial charge in [-0.2, -0.15) is 11.8 Å². The molecule has 1 aromatic heterocycles. The summed E-state index contributed by atoms with van der Waals surface area (Å²) in [7, 11) is 0. The first-order valence-corrected chi connectivity index (χ1v) is 7.87. The molecular formula is C15H23N3S. The first kappa shape index (κ1) is 14.3. The predicted molar refractivity (Wildman–Crippen MR) is 85.8 cm³/mol. The maximum Gasteiger partial charge on any atom is 0.112 e. The van der Waals surface area contributed by atoms with Gasteiger partial charge in [-0.25, -0.2) is 4.98 Å². The number of thioether (sulfide) groups is 1. The van der Waals surface area contributed by atoms with Crippen molar-refractivity contribution in [2.24, 2.45) is 0 Å². The number of anilines is 1. The minimum Gasteiger partial charge on any atom is -0.399 e. The molecule has 2 N–H and O–H groups in total. The maximum atomic E-state index is 5.86. The van der Waals surface area contributed by atoms with Gasteiger partial charge in [-0.05, 0) is 38.3 Å². The summed E-state index contributed by atoms with van der Waals surface area (Å²) in [6.07, 6.45) is 2.16. The van der Waals surface area contributed by atoms with Crippen molar-refractivity contribution in [3.8, 4) is 0 Å². The van der Waals surface area contributed by atoms with Gasteiger partial charge in [0.25, 0.3) is 0 Å². The molecule has 0 spiro atoms. The molecule has 0 aliphatic heterocycles. The Morgan fingerprint density at radius 3 is 2.63 bits per heavy atom. The lowest BCUT2D eigenvalue weighted by Gasteiger charge is -2.25. The number of benzene rings is 1. The molecule has 0 aliphatic carbocycles. The highest BCUT2D eigenvalue weighted by Crippen LogP contribution is 2.29. The average molecular weight is 277 g/mol. The summed E-state index contributed by atoms with van der Waals surface area (Å²) in [6.45, 7) is 9.87. The molecule has 0 aliphatic rings. The van der Waals surface area contributed by atoms with Crippen molar-refractivity contribution in [3.63, 3.8) is 0 Å². The van der Waals surface area contributed by atoms with E-state index in [-0.39, 0.29) is 4.75 Å². The Labute approximate surface area is 119 Å². The molecule has 4 heteroatoms. The standard InChI is InChI=1S/C15H23N3S/c1-10(2)14-17-12-8-11(16)6-7-13(12)18(14)9-15(3,4)19-5/h6-8,10H,9,16H2,1-5H3. The molecule has 19 heavy (non-hydrogen) atoms. The fraction of sp³-hybridized carbons (Fsp3) is 0.533. The number of aromatic nitrogens is 2. The van der Waals surface area contributed by atoms with E-state index in [0.717, 1.165) is 23.6 Å². The maximum absolute atomic E-state index is 5.86. The quantitative estimate of drug-likeness (QED) is 0.862. The van der Waals surface area contributed by atoms with Gasteiger partial charge < -0.3 is 10.3 Å². The molecule has 0 radical (unpaired) electrons. The molecule has 2 rings (SSSR count). The fourth-order valence-electron chi connectivity index (χ4n) is 2.22. The molecule has 0 fully saturated rings. The lowest BCUT2D eigenvalue weighted by molar-refractivity contribution is 0.546. The van der Waals surface area contributed by atoms with E-state index >= 15 is 0 Å². The lowest BCUT2D eigenvalue weighted by Crippen LogP contribution is -2.24. The van der Waals surface area contributed by atoms with Crippen molar-refractivity contribution in [1.29, 1.82) is 0 Å². The van der Waals surface area contributed by atoms with Crippen molar-refractivity contribution in [3.05, 3.63) is 24.0 Å². The van der Waals surface area contributed by atoms with Crippen LogP contribution in [0.1, 0.15) is 39.4 Å². The zero-order valence-electron chi connectivity index (χ0n) is 12.4. The summed E-state index contributed by atoms with van der Waals surface area (Å²) < 4.78 is 2.54. The smallest absolute Gasteiger partial charge is 0.112 e. The molecule has 1 aromatic carbocycles. The Hall–Kier alpha value is -1.16. The van der Waals surface area contributed by atoms with Crippen LogP contribution in [-0.2, 0) is 6.54 Å². The Kier molecular flexibility index (Phi) is 3.81.